The number of para-hydroxylation sites is 1. The van der Waals surface area contributed by atoms with Crippen molar-refractivity contribution in [2.24, 2.45) is 5.92 Å². The van der Waals surface area contributed by atoms with Gasteiger partial charge in [-0.15, -0.1) is 0 Å². The van der Waals surface area contributed by atoms with Gasteiger partial charge in [-0.2, -0.15) is 0 Å². The average Bonchev–Trinajstić information content (AvgIpc) is 3.14. The van der Waals surface area contributed by atoms with Crippen LogP contribution in [-0.2, 0) is 9.53 Å². The molecule has 3 heterocycles. The molecular formula is C18H20N2O4. The van der Waals surface area contributed by atoms with Gasteiger partial charge in [0.05, 0.1) is 17.7 Å². The molecule has 2 fully saturated rings. The lowest BCUT2D eigenvalue weighted by atomic mass is 9.83. The maximum Gasteiger partial charge on any atom is 0.257 e. The third-order valence-corrected chi connectivity index (χ3v) is 5.13. The Balaban J connectivity index is 1.63. The number of amides is 2. The monoisotopic (exact) mass is 328 g/mol. The van der Waals surface area contributed by atoms with Crippen molar-refractivity contribution in [2.45, 2.75) is 18.9 Å². The number of fused-ring (bicyclic) bond motifs is 2. The standard InChI is InChI=1S/C18H20N2O4/c1-12(21)19-18-6-7-23-9-13(18)8-20(11-18)17(22)15-10-24-16-5-3-2-4-14(15)16/h2-5,10,13H,6-9,11H2,1H3,(H,19,21)/t13-,18+/m0/s1. The van der Waals surface area contributed by atoms with Gasteiger partial charge in [-0.3, -0.25) is 9.59 Å². The maximum atomic E-state index is 13.0. The van der Waals surface area contributed by atoms with E-state index in [1.54, 1.807) is 0 Å². The van der Waals surface area contributed by atoms with Crippen LogP contribution < -0.4 is 5.32 Å². The van der Waals surface area contributed by atoms with Crippen molar-refractivity contribution in [3.8, 4) is 0 Å². The van der Waals surface area contributed by atoms with E-state index in [1.165, 1.54) is 13.2 Å². The Bertz CT molecular complexity index is 799. The van der Waals surface area contributed by atoms with Crippen molar-refractivity contribution in [1.82, 2.24) is 10.2 Å². The third kappa shape index (κ3) is 2.38. The van der Waals surface area contributed by atoms with Gasteiger partial charge in [0.1, 0.15) is 11.8 Å². The van der Waals surface area contributed by atoms with E-state index in [9.17, 15) is 9.59 Å². The van der Waals surface area contributed by atoms with Gasteiger partial charge in [-0.1, -0.05) is 18.2 Å². The molecule has 1 aromatic heterocycles. The SMILES string of the molecule is CC(=O)N[C@@]12CCOC[C@@H]1CN(C(=O)c1coc3ccccc13)C2. The second kappa shape index (κ2) is 5.63. The second-order valence-corrected chi connectivity index (χ2v) is 6.69. The number of hydrogen-bond donors (Lipinski definition) is 1. The molecule has 0 aliphatic carbocycles. The lowest BCUT2D eigenvalue weighted by Crippen LogP contribution is -2.57. The number of benzene rings is 1. The van der Waals surface area contributed by atoms with Crippen molar-refractivity contribution < 1.29 is 18.7 Å². The molecule has 0 spiro atoms. The average molecular weight is 328 g/mol. The molecule has 126 valence electrons. The molecule has 4 rings (SSSR count). The summed E-state index contributed by atoms with van der Waals surface area (Å²) < 4.78 is 11.1. The zero-order valence-corrected chi connectivity index (χ0v) is 13.6. The van der Waals surface area contributed by atoms with Gasteiger partial charge < -0.3 is 19.4 Å². The van der Waals surface area contributed by atoms with Gasteiger partial charge in [0, 0.05) is 37.9 Å². The first-order valence-electron chi connectivity index (χ1n) is 8.21. The van der Waals surface area contributed by atoms with Crippen molar-refractivity contribution in [2.75, 3.05) is 26.3 Å². The molecule has 1 aromatic carbocycles. The van der Waals surface area contributed by atoms with Crippen LogP contribution in [-0.4, -0.2) is 48.6 Å². The van der Waals surface area contributed by atoms with Gasteiger partial charge in [0.2, 0.25) is 5.91 Å². The fraction of sp³-hybridized carbons (Fsp3) is 0.444. The van der Waals surface area contributed by atoms with E-state index < -0.39 is 0 Å². The summed E-state index contributed by atoms with van der Waals surface area (Å²) in [6.45, 7) is 3.79. The molecule has 6 heteroatoms. The first-order valence-corrected chi connectivity index (χ1v) is 8.21. The summed E-state index contributed by atoms with van der Waals surface area (Å²) in [7, 11) is 0. The highest BCUT2D eigenvalue weighted by molar-refractivity contribution is 6.06. The molecule has 2 saturated heterocycles. The van der Waals surface area contributed by atoms with E-state index in [0.29, 0.717) is 37.4 Å². The molecule has 0 radical (unpaired) electrons. The number of carbonyl (C=O) groups is 2. The number of likely N-dealkylation sites (tertiary alicyclic amines) is 1. The quantitative estimate of drug-likeness (QED) is 0.912. The normalized spacial score (nSPS) is 26.4. The van der Waals surface area contributed by atoms with Crippen LogP contribution in [0.15, 0.2) is 34.9 Å². The highest BCUT2D eigenvalue weighted by atomic mass is 16.5. The fourth-order valence-electron chi connectivity index (χ4n) is 3.97. The number of nitrogens with one attached hydrogen (secondary N) is 1. The molecule has 0 unspecified atom stereocenters. The van der Waals surface area contributed by atoms with Gasteiger partial charge >= 0.3 is 0 Å². The van der Waals surface area contributed by atoms with Gasteiger partial charge in [0.15, 0.2) is 0 Å². The molecule has 2 atom stereocenters. The highest BCUT2D eigenvalue weighted by Crippen LogP contribution is 2.36. The minimum Gasteiger partial charge on any atom is -0.463 e. The zero-order valence-electron chi connectivity index (χ0n) is 13.6. The number of hydrogen-bond acceptors (Lipinski definition) is 4. The smallest absolute Gasteiger partial charge is 0.257 e. The van der Waals surface area contributed by atoms with Crippen LogP contribution in [0.25, 0.3) is 11.0 Å². The second-order valence-electron chi connectivity index (χ2n) is 6.69. The van der Waals surface area contributed by atoms with E-state index in [1.807, 2.05) is 29.2 Å². The first-order chi connectivity index (χ1) is 11.6. The van der Waals surface area contributed by atoms with Crippen molar-refractivity contribution >= 4 is 22.8 Å². The number of nitrogens with zero attached hydrogens (tertiary/aromatic N) is 1. The number of rotatable bonds is 2. The Morgan fingerprint density at radius 3 is 3.00 bits per heavy atom. The van der Waals surface area contributed by atoms with Gasteiger partial charge in [-0.05, 0) is 12.5 Å². The Morgan fingerprint density at radius 2 is 2.17 bits per heavy atom. The predicted octanol–water partition coefficient (Wildman–Crippen LogP) is 1.80. The predicted molar refractivity (Wildman–Crippen MR) is 87.6 cm³/mol. The Labute approximate surface area is 139 Å². The van der Waals surface area contributed by atoms with Gasteiger partial charge in [-0.25, -0.2) is 0 Å². The van der Waals surface area contributed by atoms with E-state index in [0.717, 1.165) is 11.8 Å². The molecule has 2 aromatic rings. The summed E-state index contributed by atoms with van der Waals surface area (Å²) >= 11 is 0. The molecule has 0 bridgehead atoms. The minimum absolute atomic E-state index is 0.0564. The van der Waals surface area contributed by atoms with Crippen LogP contribution in [0, 0.1) is 5.92 Å². The van der Waals surface area contributed by atoms with Crippen molar-refractivity contribution in [3.63, 3.8) is 0 Å². The Hall–Kier alpha value is -2.34. The summed E-state index contributed by atoms with van der Waals surface area (Å²) in [6, 6.07) is 7.52. The third-order valence-electron chi connectivity index (χ3n) is 5.13. The van der Waals surface area contributed by atoms with Crippen LogP contribution in [0.4, 0.5) is 0 Å². The topological polar surface area (TPSA) is 71.8 Å². The number of carbonyl (C=O) groups excluding carboxylic acids is 2. The zero-order chi connectivity index (χ0) is 16.7. The lowest BCUT2D eigenvalue weighted by Gasteiger charge is -2.38. The summed E-state index contributed by atoms with van der Waals surface area (Å²) in [4.78, 5) is 26.5. The summed E-state index contributed by atoms with van der Waals surface area (Å²) in [5.41, 5.74) is 0.903. The number of ether oxygens (including phenoxy) is 1. The molecule has 6 nitrogen and oxygen atoms in total. The van der Waals surface area contributed by atoms with Crippen molar-refractivity contribution in [1.29, 1.82) is 0 Å². The summed E-state index contributed by atoms with van der Waals surface area (Å²) in [5, 5.41) is 3.91. The molecule has 0 saturated carbocycles. The fourth-order valence-corrected chi connectivity index (χ4v) is 3.97. The van der Waals surface area contributed by atoms with Crippen LogP contribution in [0.3, 0.4) is 0 Å². The van der Waals surface area contributed by atoms with Crippen LogP contribution in [0.2, 0.25) is 0 Å². The molecule has 2 amide bonds. The molecule has 2 aliphatic rings. The molecule has 1 N–H and O–H groups in total. The van der Waals surface area contributed by atoms with Crippen LogP contribution in [0.1, 0.15) is 23.7 Å². The van der Waals surface area contributed by atoms with E-state index in [2.05, 4.69) is 5.32 Å². The van der Waals surface area contributed by atoms with Crippen LogP contribution >= 0.6 is 0 Å². The first kappa shape index (κ1) is 15.2. The molecular weight excluding hydrogens is 308 g/mol. The van der Waals surface area contributed by atoms with E-state index >= 15 is 0 Å². The molecule has 2 aliphatic heterocycles. The van der Waals surface area contributed by atoms with E-state index in [4.69, 9.17) is 9.15 Å². The maximum absolute atomic E-state index is 13.0. The van der Waals surface area contributed by atoms with Crippen molar-refractivity contribution in [3.05, 3.63) is 36.1 Å². The van der Waals surface area contributed by atoms with E-state index in [-0.39, 0.29) is 23.3 Å². The molecule has 24 heavy (non-hydrogen) atoms. The summed E-state index contributed by atoms with van der Waals surface area (Å²) in [6.07, 6.45) is 2.25. The van der Waals surface area contributed by atoms with Crippen LogP contribution in [0.5, 0.6) is 0 Å². The lowest BCUT2D eigenvalue weighted by molar-refractivity contribution is -0.122. The van der Waals surface area contributed by atoms with Gasteiger partial charge in [0.25, 0.3) is 5.91 Å². The Morgan fingerprint density at radius 1 is 1.33 bits per heavy atom. The number of furan rings is 1. The largest absolute Gasteiger partial charge is 0.463 e. The Kier molecular flexibility index (Phi) is 3.57. The highest BCUT2D eigenvalue weighted by Gasteiger charge is 2.50. The summed E-state index contributed by atoms with van der Waals surface area (Å²) in [5.74, 6) is 0.00121. The minimum atomic E-state index is -0.376.